The third kappa shape index (κ3) is 2.97. The molecule has 4 nitrogen and oxygen atoms in total. The van der Waals surface area contributed by atoms with E-state index < -0.39 is 0 Å². The highest BCUT2D eigenvalue weighted by Gasteiger charge is 2.09. The Balaban J connectivity index is 1.96. The van der Waals surface area contributed by atoms with Gasteiger partial charge < -0.3 is 11.1 Å². The van der Waals surface area contributed by atoms with Crippen LogP contribution in [0.5, 0.6) is 0 Å². The van der Waals surface area contributed by atoms with Gasteiger partial charge in [-0.05, 0) is 42.8 Å². The van der Waals surface area contributed by atoms with Crippen molar-refractivity contribution in [2.45, 2.75) is 13.0 Å². The Bertz CT molecular complexity index is 788. The first-order valence-electron chi connectivity index (χ1n) is 6.66. The minimum absolute atomic E-state index is 0.127. The average Bonchev–Trinajstić information content (AvgIpc) is 2.48. The first kappa shape index (κ1) is 13.8. The Morgan fingerprint density at radius 1 is 1.14 bits per heavy atom. The molecule has 0 aliphatic rings. The second-order valence-electron chi connectivity index (χ2n) is 4.92. The quantitative estimate of drug-likeness (QED) is 0.702. The molecule has 3 N–H and O–H groups in total. The Morgan fingerprint density at radius 3 is 2.81 bits per heavy atom. The molecule has 0 aliphatic heterocycles. The van der Waals surface area contributed by atoms with Crippen LogP contribution in [0.3, 0.4) is 0 Å². The predicted octanol–water partition coefficient (Wildman–Crippen LogP) is 4.15. The number of nitrogen functional groups attached to an aromatic ring is 1. The first-order valence-corrected chi connectivity index (χ1v) is 7.45. The summed E-state index contributed by atoms with van der Waals surface area (Å²) in [5.41, 5.74) is 8.63. The summed E-state index contributed by atoms with van der Waals surface area (Å²) >= 11 is 3.50. The predicted molar refractivity (Wildman–Crippen MR) is 90.1 cm³/mol. The van der Waals surface area contributed by atoms with Gasteiger partial charge in [-0.1, -0.05) is 28.1 Å². The van der Waals surface area contributed by atoms with Crippen LogP contribution >= 0.6 is 15.9 Å². The number of nitrogens with zero attached hydrogens (tertiary/aromatic N) is 2. The molecular weight excluding hydrogens is 328 g/mol. The van der Waals surface area contributed by atoms with Crippen LogP contribution < -0.4 is 11.1 Å². The van der Waals surface area contributed by atoms with E-state index in [0.717, 1.165) is 21.2 Å². The lowest BCUT2D eigenvalue weighted by atomic mass is 10.1. The first-order chi connectivity index (χ1) is 10.1. The van der Waals surface area contributed by atoms with E-state index in [1.807, 2.05) is 30.3 Å². The SMILES string of the molecule is CC(Nc1ncnc2ccc(N)cc12)c1cccc(Br)c1. The van der Waals surface area contributed by atoms with Gasteiger partial charge >= 0.3 is 0 Å². The molecule has 0 saturated heterocycles. The van der Waals surface area contributed by atoms with Gasteiger partial charge in [0.25, 0.3) is 0 Å². The molecule has 106 valence electrons. The summed E-state index contributed by atoms with van der Waals surface area (Å²) in [7, 11) is 0. The second-order valence-corrected chi connectivity index (χ2v) is 5.84. The standard InChI is InChI=1S/C16H15BrN4/c1-10(11-3-2-4-12(17)7-11)21-16-14-8-13(18)5-6-15(14)19-9-20-16/h2-10H,18H2,1H3,(H,19,20,21). The van der Waals surface area contributed by atoms with Crippen molar-refractivity contribution in [3.05, 3.63) is 58.8 Å². The average molecular weight is 343 g/mol. The molecule has 3 aromatic rings. The van der Waals surface area contributed by atoms with Crippen molar-refractivity contribution in [2.24, 2.45) is 0 Å². The summed E-state index contributed by atoms with van der Waals surface area (Å²) < 4.78 is 1.06. The number of anilines is 2. The number of hydrogen-bond donors (Lipinski definition) is 2. The molecular formula is C16H15BrN4. The maximum absolute atomic E-state index is 5.87. The van der Waals surface area contributed by atoms with Crippen molar-refractivity contribution in [1.82, 2.24) is 9.97 Å². The van der Waals surface area contributed by atoms with E-state index in [0.29, 0.717) is 5.69 Å². The van der Waals surface area contributed by atoms with Gasteiger partial charge in [-0.25, -0.2) is 9.97 Å². The molecule has 5 heteroatoms. The van der Waals surface area contributed by atoms with Crippen molar-refractivity contribution >= 4 is 38.3 Å². The lowest BCUT2D eigenvalue weighted by Gasteiger charge is -2.16. The van der Waals surface area contributed by atoms with Crippen molar-refractivity contribution in [3.63, 3.8) is 0 Å². The van der Waals surface area contributed by atoms with Crippen LogP contribution in [0.15, 0.2) is 53.3 Å². The van der Waals surface area contributed by atoms with Gasteiger partial charge in [-0.3, -0.25) is 0 Å². The fourth-order valence-corrected chi connectivity index (χ4v) is 2.67. The third-order valence-electron chi connectivity index (χ3n) is 3.36. The zero-order chi connectivity index (χ0) is 14.8. The Kier molecular flexibility index (Phi) is 3.75. The number of nitrogens with two attached hydrogens (primary N) is 1. The molecule has 0 aliphatic carbocycles. The summed E-state index contributed by atoms with van der Waals surface area (Å²) in [4.78, 5) is 8.61. The monoisotopic (exact) mass is 342 g/mol. The van der Waals surface area contributed by atoms with Crippen LogP contribution in [0.4, 0.5) is 11.5 Å². The number of aromatic nitrogens is 2. The molecule has 1 aromatic heterocycles. The molecule has 21 heavy (non-hydrogen) atoms. The summed E-state index contributed by atoms with van der Waals surface area (Å²) in [5, 5.41) is 4.36. The maximum atomic E-state index is 5.87. The number of rotatable bonds is 3. The van der Waals surface area contributed by atoms with Gasteiger partial charge in [0.05, 0.1) is 11.6 Å². The molecule has 1 heterocycles. The van der Waals surface area contributed by atoms with E-state index in [9.17, 15) is 0 Å². The van der Waals surface area contributed by atoms with Crippen molar-refractivity contribution < 1.29 is 0 Å². The number of fused-ring (bicyclic) bond motifs is 1. The Morgan fingerprint density at radius 2 is 2.00 bits per heavy atom. The summed E-state index contributed by atoms with van der Waals surface area (Å²) in [6.45, 7) is 2.10. The zero-order valence-corrected chi connectivity index (χ0v) is 13.1. The molecule has 0 amide bonds. The smallest absolute Gasteiger partial charge is 0.137 e. The van der Waals surface area contributed by atoms with Crippen LogP contribution in [-0.2, 0) is 0 Å². The van der Waals surface area contributed by atoms with Gasteiger partial charge in [-0.2, -0.15) is 0 Å². The van der Waals surface area contributed by atoms with E-state index in [1.165, 1.54) is 5.56 Å². The van der Waals surface area contributed by atoms with Crippen molar-refractivity contribution in [1.29, 1.82) is 0 Å². The van der Waals surface area contributed by atoms with Crippen LogP contribution in [0.2, 0.25) is 0 Å². The van der Waals surface area contributed by atoms with E-state index >= 15 is 0 Å². The fourth-order valence-electron chi connectivity index (χ4n) is 2.25. The molecule has 3 rings (SSSR count). The Hall–Kier alpha value is -2.14. The third-order valence-corrected chi connectivity index (χ3v) is 3.85. The molecule has 0 radical (unpaired) electrons. The number of benzene rings is 2. The molecule has 1 unspecified atom stereocenters. The van der Waals surface area contributed by atoms with Gasteiger partial charge in [0.1, 0.15) is 12.1 Å². The topological polar surface area (TPSA) is 63.8 Å². The van der Waals surface area contributed by atoms with Gasteiger partial charge in [0, 0.05) is 15.5 Å². The highest BCUT2D eigenvalue weighted by atomic mass is 79.9. The summed E-state index contributed by atoms with van der Waals surface area (Å²) in [6.07, 6.45) is 1.56. The molecule has 0 spiro atoms. The van der Waals surface area contributed by atoms with Crippen LogP contribution in [0, 0.1) is 0 Å². The zero-order valence-electron chi connectivity index (χ0n) is 11.5. The lowest BCUT2D eigenvalue weighted by Crippen LogP contribution is -2.08. The van der Waals surface area contributed by atoms with E-state index in [1.54, 1.807) is 6.33 Å². The highest BCUT2D eigenvalue weighted by Crippen LogP contribution is 2.26. The van der Waals surface area contributed by atoms with Gasteiger partial charge in [-0.15, -0.1) is 0 Å². The highest BCUT2D eigenvalue weighted by molar-refractivity contribution is 9.10. The molecule has 2 aromatic carbocycles. The largest absolute Gasteiger partial charge is 0.399 e. The normalized spacial score (nSPS) is 12.3. The lowest BCUT2D eigenvalue weighted by molar-refractivity contribution is 0.875. The number of hydrogen-bond acceptors (Lipinski definition) is 4. The second kappa shape index (κ2) is 5.69. The van der Waals surface area contributed by atoms with Crippen LogP contribution in [0.25, 0.3) is 10.9 Å². The minimum atomic E-state index is 0.127. The number of halogens is 1. The van der Waals surface area contributed by atoms with E-state index in [2.05, 4.69) is 50.3 Å². The molecule has 0 saturated carbocycles. The van der Waals surface area contributed by atoms with Gasteiger partial charge in [0.2, 0.25) is 0 Å². The van der Waals surface area contributed by atoms with E-state index in [-0.39, 0.29) is 6.04 Å². The van der Waals surface area contributed by atoms with Crippen LogP contribution in [-0.4, -0.2) is 9.97 Å². The fraction of sp³-hybridized carbons (Fsp3) is 0.125. The summed E-state index contributed by atoms with van der Waals surface area (Å²) in [5.74, 6) is 0.791. The van der Waals surface area contributed by atoms with Gasteiger partial charge in [0.15, 0.2) is 0 Å². The Labute approximate surface area is 131 Å². The summed E-state index contributed by atoms with van der Waals surface area (Å²) in [6, 6.07) is 14.0. The van der Waals surface area contributed by atoms with Crippen LogP contribution in [0.1, 0.15) is 18.5 Å². The maximum Gasteiger partial charge on any atom is 0.137 e. The molecule has 0 bridgehead atoms. The number of nitrogens with one attached hydrogen (secondary N) is 1. The van der Waals surface area contributed by atoms with Crippen molar-refractivity contribution in [2.75, 3.05) is 11.1 Å². The van der Waals surface area contributed by atoms with Crippen molar-refractivity contribution in [3.8, 4) is 0 Å². The molecule has 0 fully saturated rings. The molecule has 1 atom stereocenters. The minimum Gasteiger partial charge on any atom is -0.399 e. The van der Waals surface area contributed by atoms with E-state index in [4.69, 9.17) is 5.73 Å².